The molecule has 0 heterocycles. The monoisotopic (exact) mass is 257 g/mol. The summed E-state index contributed by atoms with van der Waals surface area (Å²) in [6.07, 6.45) is -3.49. The van der Waals surface area contributed by atoms with E-state index in [4.69, 9.17) is 5.73 Å². The number of halogens is 1. The Balaban J connectivity index is 3.12. The summed E-state index contributed by atoms with van der Waals surface area (Å²) >= 11 is 0. The van der Waals surface area contributed by atoms with E-state index >= 15 is 0 Å². The highest BCUT2D eigenvalue weighted by atomic mass is 19.1. The molecule has 0 saturated heterocycles. The lowest BCUT2D eigenvalue weighted by Crippen LogP contribution is -2.34. The number of hydrogen-bond acceptors (Lipinski definition) is 5. The third-order valence-corrected chi connectivity index (χ3v) is 2.33. The molecule has 7 heteroatoms. The molecule has 2 atom stereocenters. The smallest absolute Gasteiger partial charge is 0.340 e. The minimum absolute atomic E-state index is 0.0249. The Morgan fingerprint density at radius 2 is 2.00 bits per heavy atom. The molecule has 0 spiro atoms. The van der Waals surface area contributed by atoms with E-state index in [2.05, 4.69) is 4.74 Å². The van der Waals surface area contributed by atoms with Crippen LogP contribution in [0.25, 0.3) is 0 Å². The number of hydrogen-bond donors (Lipinski definition) is 3. The van der Waals surface area contributed by atoms with E-state index in [9.17, 15) is 24.2 Å². The minimum Gasteiger partial charge on any atom is -0.465 e. The van der Waals surface area contributed by atoms with E-state index in [1.165, 1.54) is 0 Å². The Morgan fingerprint density at radius 3 is 2.50 bits per heavy atom. The van der Waals surface area contributed by atoms with Crippen molar-refractivity contribution < 1.29 is 28.9 Å². The van der Waals surface area contributed by atoms with Crippen molar-refractivity contribution >= 4 is 11.9 Å². The van der Waals surface area contributed by atoms with Crippen molar-refractivity contribution in [3.05, 3.63) is 35.1 Å². The number of aliphatic hydroxyl groups excluding tert-OH is 2. The summed E-state index contributed by atoms with van der Waals surface area (Å²) in [6.45, 7) is 0. The molecular formula is C11H12FNO5. The standard InChI is InChI=1S/C11H12FNO5/c1-18-11(17)6-4-5(2-3-7(6)12)8(14)9(15)10(13)16/h2-4,8-9,14-15H,1H3,(H2,13,16). The maximum absolute atomic E-state index is 13.3. The van der Waals surface area contributed by atoms with Crippen LogP contribution in [0.2, 0.25) is 0 Å². The SMILES string of the molecule is COC(=O)c1cc(C(O)C(O)C(N)=O)ccc1F. The van der Waals surface area contributed by atoms with E-state index < -0.39 is 35.5 Å². The predicted octanol–water partition coefficient (Wildman–Crippen LogP) is -0.508. The number of ether oxygens (including phenoxy) is 1. The highest BCUT2D eigenvalue weighted by molar-refractivity contribution is 5.90. The lowest BCUT2D eigenvalue weighted by Gasteiger charge is -2.15. The van der Waals surface area contributed by atoms with Gasteiger partial charge in [0.25, 0.3) is 0 Å². The average Bonchev–Trinajstić information content (AvgIpc) is 2.36. The highest BCUT2D eigenvalue weighted by Gasteiger charge is 2.25. The van der Waals surface area contributed by atoms with Gasteiger partial charge in [0, 0.05) is 0 Å². The van der Waals surface area contributed by atoms with Gasteiger partial charge in [0.05, 0.1) is 12.7 Å². The van der Waals surface area contributed by atoms with Crippen molar-refractivity contribution in [1.29, 1.82) is 0 Å². The molecule has 1 rings (SSSR count). The van der Waals surface area contributed by atoms with Crippen LogP contribution in [0, 0.1) is 5.82 Å². The number of amides is 1. The van der Waals surface area contributed by atoms with E-state index in [0.29, 0.717) is 0 Å². The topological polar surface area (TPSA) is 110 Å². The summed E-state index contributed by atoms with van der Waals surface area (Å²) in [7, 11) is 1.07. The van der Waals surface area contributed by atoms with Crippen molar-refractivity contribution in [2.45, 2.75) is 12.2 Å². The van der Waals surface area contributed by atoms with Crippen molar-refractivity contribution in [2.24, 2.45) is 5.73 Å². The second-order valence-corrected chi connectivity index (χ2v) is 3.52. The molecule has 0 aliphatic rings. The molecule has 6 nitrogen and oxygen atoms in total. The number of nitrogens with two attached hydrogens (primary N) is 1. The molecule has 98 valence electrons. The zero-order valence-electron chi connectivity index (χ0n) is 9.46. The van der Waals surface area contributed by atoms with Crippen LogP contribution in [0.1, 0.15) is 22.0 Å². The number of rotatable bonds is 4. The van der Waals surface area contributed by atoms with Crippen molar-refractivity contribution in [2.75, 3.05) is 7.11 Å². The number of esters is 1. The molecule has 4 N–H and O–H groups in total. The first-order valence-corrected chi connectivity index (χ1v) is 4.91. The number of primary amides is 1. The summed E-state index contributed by atoms with van der Waals surface area (Å²) in [4.78, 5) is 21.9. The van der Waals surface area contributed by atoms with Gasteiger partial charge in [0.15, 0.2) is 6.10 Å². The molecule has 0 saturated carbocycles. The van der Waals surface area contributed by atoms with E-state index in [0.717, 1.165) is 25.3 Å². The molecule has 0 bridgehead atoms. The van der Waals surface area contributed by atoms with Crippen LogP contribution in [-0.2, 0) is 9.53 Å². The first-order valence-electron chi connectivity index (χ1n) is 4.91. The fourth-order valence-electron chi connectivity index (χ4n) is 1.33. The Labute approximate surface area is 102 Å². The van der Waals surface area contributed by atoms with Crippen molar-refractivity contribution in [3.63, 3.8) is 0 Å². The maximum Gasteiger partial charge on any atom is 0.340 e. The van der Waals surface area contributed by atoms with Crippen molar-refractivity contribution in [1.82, 2.24) is 0 Å². The number of aliphatic hydroxyl groups is 2. The molecule has 1 aromatic carbocycles. The Kier molecular flexibility index (Phi) is 4.35. The van der Waals surface area contributed by atoms with Crippen LogP contribution in [0.3, 0.4) is 0 Å². The zero-order valence-corrected chi connectivity index (χ0v) is 9.46. The fourth-order valence-corrected chi connectivity index (χ4v) is 1.33. The molecule has 1 amide bonds. The lowest BCUT2D eigenvalue weighted by molar-refractivity contribution is -0.131. The maximum atomic E-state index is 13.3. The van der Waals surface area contributed by atoms with E-state index in [1.807, 2.05) is 0 Å². The van der Waals surface area contributed by atoms with Gasteiger partial charge in [-0.2, -0.15) is 0 Å². The summed E-state index contributed by atoms with van der Waals surface area (Å²) in [5, 5.41) is 18.9. The molecule has 0 aromatic heterocycles. The first kappa shape index (κ1) is 14.1. The normalized spacial score (nSPS) is 13.8. The Bertz CT molecular complexity index is 477. The van der Waals surface area contributed by atoms with Crippen LogP contribution in [0.4, 0.5) is 4.39 Å². The first-order chi connectivity index (χ1) is 8.38. The number of carbonyl (C=O) groups excluding carboxylic acids is 2. The molecule has 0 radical (unpaired) electrons. The molecule has 0 fully saturated rings. The van der Waals surface area contributed by atoms with Crippen LogP contribution >= 0.6 is 0 Å². The van der Waals surface area contributed by atoms with Gasteiger partial charge in [-0.25, -0.2) is 9.18 Å². The molecule has 1 aromatic rings. The van der Waals surface area contributed by atoms with Gasteiger partial charge < -0.3 is 20.7 Å². The summed E-state index contributed by atoms with van der Waals surface area (Å²) < 4.78 is 17.6. The van der Waals surface area contributed by atoms with Crippen molar-refractivity contribution in [3.8, 4) is 0 Å². The number of benzene rings is 1. The number of methoxy groups -OCH3 is 1. The highest BCUT2D eigenvalue weighted by Crippen LogP contribution is 2.20. The number of carbonyl (C=O) groups is 2. The molecule has 0 aliphatic carbocycles. The van der Waals surface area contributed by atoms with Gasteiger partial charge in [-0.3, -0.25) is 4.79 Å². The average molecular weight is 257 g/mol. The lowest BCUT2D eigenvalue weighted by atomic mass is 10.0. The molecule has 0 aliphatic heterocycles. The van der Waals surface area contributed by atoms with E-state index in [1.54, 1.807) is 0 Å². The van der Waals surface area contributed by atoms with Gasteiger partial charge >= 0.3 is 5.97 Å². The Morgan fingerprint density at radius 1 is 1.39 bits per heavy atom. The van der Waals surface area contributed by atoms with Crippen LogP contribution in [0.15, 0.2) is 18.2 Å². The third-order valence-electron chi connectivity index (χ3n) is 2.33. The van der Waals surface area contributed by atoms with Crippen LogP contribution in [0.5, 0.6) is 0 Å². The zero-order chi connectivity index (χ0) is 13.9. The van der Waals surface area contributed by atoms with Crippen LogP contribution in [-0.4, -0.2) is 35.3 Å². The second kappa shape index (κ2) is 5.56. The third kappa shape index (κ3) is 2.82. The molecular weight excluding hydrogens is 245 g/mol. The van der Waals surface area contributed by atoms with Gasteiger partial charge in [-0.15, -0.1) is 0 Å². The Hall–Kier alpha value is -1.99. The summed E-state index contributed by atoms with van der Waals surface area (Å²) in [5.41, 5.74) is 4.38. The predicted molar refractivity (Wildman–Crippen MR) is 57.9 cm³/mol. The largest absolute Gasteiger partial charge is 0.465 e. The molecule has 18 heavy (non-hydrogen) atoms. The molecule has 2 unspecified atom stereocenters. The van der Waals surface area contributed by atoms with Gasteiger partial charge in [0.1, 0.15) is 11.9 Å². The van der Waals surface area contributed by atoms with Gasteiger partial charge in [-0.1, -0.05) is 6.07 Å². The summed E-state index contributed by atoms with van der Waals surface area (Å²) in [5.74, 6) is -2.91. The van der Waals surface area contributed by atoms with Gasteiger partial charge in [0.2, 0.25) is 5.91 Å². The van der Waals surface area contributed by atoms with Gasteiger partial charge in [-0.05, 0) is 17.7 Å². The van der Waals surface area contributed by atoms with E-state index in [-0.39, 0.29) is 5.56 Å². The summed E-state index contributed by atoms with van der Waals surface area (Å²) in [6, 6.07) is 3.02. The quantitative estimate of drug-likeness (QED) is 0.629. The second-order valence-electron chi connectivity index (χ2n) is 3.52. The fraction of sp³-hybridized carbons (Fsp3) is 0.273. The minimum atomic E-state index is -1.85. The van der Waals surface area contributed by atoms with Crippen LogP contribution < -0.4 is 5.73 Å².